The van der Waals surface area contributed by atoms with Gasteiger partial charge in [0.15, 0.2) is 0 Å². The number of rotatable bonds is 4. The van der Waals surface area contributed by atoms with Gasteiger partial charge in [-0.15, -0.1) is 0 Å². The van der Waals surface area contributed by atoms with Crippen molar-refractivity contribution >= 4 is 5.91 Å². The molecule has 2 aromatic rings. The van der Waals surface area contributed by atoms with Gasteiger partial charge in [0.25, 0.3) is 0 Å². The third-order valence-corrected chi connectivity index (χ3v) is 7.70. The van der Waals surface area contributed by atoms with Gasteiger partial charge >= 0.3 is 0 Å². The second-order valence-electron chi connectivity index (χ2n) is 9.52. The van der Waals surface area contributed by atoms with Crippen LogP contribution in [-0.4, -0.2) is 40.9 Å². The molecule has 0 radical (unpaired) electrons. The van der Waals surface area contributed by atoms with Gasteiger partial charge in [-0.2, -0.15) is 0 Å². The molecule has 1 amide bonds. The number of nitrogens with zero attached hydrogens (tertiary/aromatic N) is 2. The van der Waals surface area contributed by atoms with Gasteiger partial charge in [-0.05, 0) is 42.0 Å². The highest BCUT2D eigenvalue weighted by Crippen LogP contribution is 2.51. The molecule has 0 N–H and O–H groups in total. The Hall–Kier alpha value is -2.20. The summed E-state index contributed by atoms with van der Waals surface area (Å²) < 4.78 is 13.3. The largest absolute Gasteiger partial charge is 0.336 e. The first-order valence-electron chi connectivity index (χ1n) is 11.5. The molecular weight excluding hydrogens is 375 g/mol. The van der Waals surface area contributed by atoms with Crippen LogP contribution >= 0.6 is 0 Å². The lowest BCUT2D eigenvalue weighted by Gasteiger charge is -2.45. The number of halogens is 1. The molecule has 30 heavy (non-hydrogen) atoms. The first-order chi connectivity index (χ1) is 14.6. The number of likely N-dealkylation sites (tertiary alicyclic amines) is 2. The number of hydrogen-bond acceptors (Lipinski definition) is 2. The molecule has 0 bridgehead atoms. The molecule has 2 heterocycles. The summed E-state index contributed by atoms with van der Waals surface area (Å²) in [5.41, 5.74) is 2.32. The average molecular weight is 407 g/mol. The van der Waals surface area contributed by atoms with Gasteiger partial charge in [0.2, 0.25) is 5.91 Å². The minimum Gasteiger partial charge on any atom is -0.336 e. The SMILES string of the molecule is O=C(Cc1ccc(F)cc1)N1C[C@H]2CN(Cc3ccccc3)C[C@@H]2C12CCCCC2. The summed E-state index contributed by atoms with van der Waals surface area (Å²) in [6.07, 6.45) is 6.40. The van der Waals surface area contributed by atoms with E-state index in [0.717, 1.165) is 44.6 Å². The van der Waals surface area contributed by atoms with Crippen LogP contribution in [0.25, 0.3) is 0 Å². The topological polar surface area (TPSA) is 23.6 Å². The third kappa shape index (κ3) is 3.66. The van der Waals surface area contributed by atoms with Crippen molar-refractivity contribution < 1.29 is 9.18 Å². The van der Waals surface area contributed by atoms with Gasteiger partial charge < -0.3 is 4.90 Å². The number of fused-ring (bicyclic) bond motifs is 2. The number of amides is 1. The van der Waals surface area contributed by atoms with Crippen molar-refractivity contribution in [2.45, 2.75) is 50.6 Å². The highest BCUT2D eigenvalue weighted by Gasteiger charge is 2.57. The summed E-state index contributed by atoms with van der Waals surface area (Å²) in [6, 6.07) is 17.1. The molecule has 2 saturated heterocycles. The van der Waals surface area contributed by atoms with Crippen LogP contribution in [0, 0.1) is 17.7 Å². The lowest BCUT2D eigenvalue weighted by atomic mass is 9.71. The maximum atomic E-state index is 13.4. The van der Waals surface area contributed by atoms with E-state index in [-0.39, 0.29) is 17.3 Å². The van der Waals surface area contributed by atoms with Crippen molar-refractivity contribution in [1.29, 1.82) is 0 Å². The summed E-state index contributed by atoms with van der Waals surface area (Å²) in [6.45, 7) is 4.07. The van der Waals surface area contributed by atoms with E-state index in [9.17, 15) is 9.18 Å². The van der Waals surface area contributed by atoms with E-state index in [1.807, 2.05) is 0 Å². The second-order valence-corrected chi connectivity index (χ2v) is 9.52. The number of hydrogen-bond donors (Lipinski definition) is 0. The minimum absolute atomic E-state index is 0.0332. The number of carbonyl (C=O) groups excluding carboxylic acids is 1. The molecule has 2 atom stereocenters. The smallest absolute Gasteiger partial charge is 0.227 e. The Morgan fingerprint density at radius 1 is 0.900 bits per heavy atom. The maximum absolute atomic E-state index is 13.4. The summed E-state index contributed by atoms with van der Waals surface area (Å²) in [4.78, 5) is 18.3. The minimum atomic E-state index is -0.246. The van der Waals surface area contributed by atoms with E-state index in [0.29, 0.717) is 18.3 Å². The number of benzene rings is 2. The maximum Gasteiger partial charge on any atom is 0.227 e. The van der Waals surface area contributed by atoms with E-state index < -0.39 is 0 Å². The highest BCUT2D eigenvalue weighted by atomic mass is 19.1. The van der Waals surface area contributed by atoms with E-state index in [2.05, 4.69) is 40.1 Å². The fraction of sp³-hybridized carbons (Fsp3) is 0.500. The van der Waals surface area contributed by atoms with Crippen LogP contribution in [0.1, 0.15) is 43.2 Å². The van der Waals surface area contributed by atoms with Crippen molar-refractivity contribution in [2.24, 2.45) is 11.8 Å². The fourth-order valence-electron chi connectivity index (χ4n) is 6.37. The van der Waals surface area contributed by atoms with Gasteiger partial charge in [0, 0.05) is 37.6 Å². The average Bonchev–Trinajstić information content (AvgIpc) is 3.29. The standard InChI is InChI=1S/C26H31FN2O/c27-23-11-9-20(10-12-23)15-25(30)29-18-22-17-28(16-21-7-3-1-4-8-21)19-24(22)26(29)13-5-2-6-14-26/h1,3-4,7-12,22,24H,2,5-6,13-19H2/t22-,24+/m1/s1. The number of carbonyl (C=O) groups is 1. The van der Waals surface area contributed by atoms with Crippen LogP contribution in [0.3, 0.4) is 0 Å². The lowest BCUT2D eigenvalue weighted by Crippen LogP contribution is -2.53. The van der Waals surface area contributed by atoms with Gasteiger partial charge in [0.1, 0.15) is 5.82 Å². The van der Waals surface area contributed by atoms with Crippen molar-refractivity contribution in [3.05, 3.63) is 71.5 Å². The lowest BCUT2D eigenvalue weighted by molar-refractivity contribution is -0.137. The monoisotopic (exact) mass is 406 g/mol. The zero-order chi connectivity index (χ0) is 20.6. The second kappa shape index (κ2) is 8.14. The predicted octanol–water partition coefficient (Wildman–Crippen LogP) is 4.66. The van der Waals surface area contributed by atoms with E-state index in [1.165, 1.54) is 37.0 Å². The van der Waals surface area contributed by atoms with Crippen molar-refractivity contribution in [3.8, 4) is 0 Å². The van der Waals surface area contributed by atoms with Crippen LogP contribution in [0.4, 0.5) is 4.39 Å². The van der Waals surface area contributed by atoms with Crippen LogP contribution < -0.4 is 0 Å². The van der Waals surface area contributed by atoms with E-state index >= 15 is 0 Å². The molecule has 1 spiro atoms. The van der Waals surface area contributed by atoms with Crippen LogP contribution in [-0.2, 0) is 17.8 Å². The molecule has 4 heteroatoms. The molecule has 158 valence electrons. The molecule has 3 aliphatic rings. The molecule has 1 aliphatic carbocycles. The Morgan fingerprint density at radius 3 is 2.37 bits per heavy atom. The van der Waals surface area contributed by atoms with Gasteiger partial charge in [0.05, 0.1) is 6.42 Å². The first kappa shape index (κ1) is 19.7. The Labute approximate surface area is 178 Å². The molecule has 3 nitrogen and oxygen atoms in total. The predicted molar refractivity (Wildman–Crippen MR) is 116 cm³/mol. The van der Waals surface area contributed by atoms with Crippen molar-refractivity contribution in [1.82, 2.24) is 9.80 Å². The molecule has 0 unspecified atom stereocenters. The van der Waals surface area contributed by atoms with Crippen LogP contribution in [0.15, 0.2) is 54.6 Å². The normalized spacial score (nSPS) is 25.6. The van der Waals surface area contributed by atoms with Gasteiger partial charge in [-0.3, -0.25) is 9.69 Å². The summed E-state index contributed by atoms with van der Waals surface area (Å²) >= 11 is 0. The summed E-state index contributed by atoms with van der Waals surface area (Å²) in [5, 5.41) is 0. The summed E-state index contributed by atoms with van der Waals surface area (Å²) in [5.74, 6) is 1.14. The van der Waals surface area contributed by atoms with E-state index in [4.69, 9.17) is 0 Å². The third-order valence-electron chi connectivity index (χ3n) is 7.70. The zero-order valence-electron chi connectivity index (χ0n) is 17.6. The molecule has 2 aromatic carbocycles. The summed E-state index contributed by atoms with van der Waals surface area (Å²) in [7, 11) is 0. The molecule has 2 aliphatic heterocycles. The Balaban J connectivity index is 1.33. The van der Waals surface area contributed by atoms with E-state index in [1.54, 1.807) is 12.1 Å². The van der Waals surface area contributed by atoms with Crippen molar-refractivity contribution in [2.75, 3.05) is 19.6 Å². The van der Waals surface area contributed by atoms with Crippen molar-refractivity contribution in [3.63, 3.8) is 0 Å². The molecule has 5 rings (SSSR count). The first-order valence-corrected chi connectivity index (χ1v) is 11.5. The fourth-order valence-corrected chi connectivity index (χ4v) is 6.37. The molecule has 3 fully saturated rings. The van der Waals surface area contributed by atoms with Crippen LogP contribution in [0.2, 0.25) is 0 Å². The van der Waals surface area contributed by atoms with Crippen LogP contribution in [0.5, 0.6) is 0 Å². The Bertz CT molecular complexity index is 876. The Kier molecular flexibility index (Phi) is 5.36. The molecule has 1 saturated carbocycles. The quantitative estimate of drug-likeness (QED) is 0.737. The molecular formula is C26H31FN2O. The highest BCUT2D eigenvalue weighted by molar-refractivity contribution is 5.80. The zero-order valence-corrected chi connectivity index (χ0v) is 17.6. The van der Waals surface area contributed by atoms with Gasteiger partial charge in [-0.1, -0.05) is 61.7 Å². The van der Waals surface area contributed by atoms with Gasteiger partial charge in [-0.25, -0.2) is 4.39 Å². The molecule has 0 aromatic heterocycles. The Morgan fingerprint density at radius 2 is 1.63 bits per heavy atom.